The van der Waals surface area contributed by atoms with Crippen LogP contribution < -0.4 is 10.6 Å². The van der Waals surface area contributed by atoms with Crippen LogP contribution in [0.15, 0.2) is 18.7 Å². The smallest absolute Gasteiger partial charge is 0.134 e. The van der Waals surface area contributed by atoms with E-state index in [9.17, 15) is 0 Å². The maximum Gasteiger partial charge on any atom is 0.134 e. The summed E-state index contributed by atoms with van der Waals surface area (Å²) in [6.07, 6.45) is 8.59. The molecule has 0 aliphatic carbocycles. The Balaban J connectivity index is 2.12. The lowest BCUT2D eigenvalue weighted by Gasteiger charge is -2.14. The molecular weight excluding hydrogens is 264 g/mol. The van der Waals surface area contributed by atoms with Gasteiger partial charge in [0.2, 0.25) is 0 Å². The molecule has 2 rings (SSSR count). The first-order valence-electron chi connectivity index (χ1n) is 7.53. The predicted molar refractivity (Wildman–Crippen MR) is 85.3 cm³/mol. The largest absolute Gasteiger partial charge is 0.370 e. The van der Waals surface area contributed by atoms with E-state index in [1.165, 1.54) is 0 Å². The van der Waals surface area contributed by atoms with Crippen LogP contribution in [0.3, 0.4) is 0 Å². The number of nitrogens with zero attached hydrogens (tertiary/aromatic N) is 4. The highest BCUT2D eigenvalue weighted by atomic mass is 15.2. The highest BCUT2D eigenvalue weighted by molar-refractivity contribution is 5.57. The maximum atomic E-state index is 4.40. The van der Waals surface area contributed by atoms with Crippen LogP contribution in [0.2, 0.25) is 0 Å². The summed E-state index contributed by atoms with van der Waals surface area (Å²) in [6.45, 7) is 5.96. The van der Waals surface area contributed by atoms with E-state index in [0.717, 1.165) is 55.1 Å². The summed E-state index contributed by atoms with van der Waals surface area (Å²) in [6, 6.07) is 0. The lowest BCUT2D eigenvalue weighted by atomic mass is 10.1. The standard InChI is InChI=1S/C15H24N6/c1-4-6-13-14(16-7-5-2)18-11-19-15(13)17-8-12-9-20-21(3)10-12/h9-11H,4-8H2,1-3H3,(H2,16,17,18,19). The number of hydrogen-bond acceptors (Lipinski definition) is 5. The zero-order valence-corrected chi connectivity index (χ0v) is 13.1. The molecule has 2 N–H and O–H groups in total. The molecule has 0 amide bonds. The summed E-state index contributed by atoms with van der Waals surface area (Å²) in [7, 11) is 1.92. The topological polar surface area (TPSA) is 67.7 Å². The summed E-state index contributed by atoms with van der Waals surface area (Å²) in [4.78, 5) is 8.77. The van der Waals surface area contributed by atoms with Gasteiger partial charge in [-0.25, -0.2) is 9.97 Å². The molecule has 0 atom stereocenters. The van der Waals surface area contributed by atoms with Crippen LogP contribution in [0.1, 0.15) is 37.8 Å². The molecule has 0 aliphatic rings. The molecule has 0 unspecified atom stereocenters. The molecule has 0 bridgehead atoms. The van der Waals surface area contributed by atoms with Crippen molar-refractivity contribution in [2.75, 3.05) is 17.2 Å². The van der Waals surface area contributed by atoms with E-state index in [0.29, 0.717) is 0 Å². The first kappa shape index (κ1) is 15.3. The molecule has 114 valence electrons. The Bertz CT molecular complexity index is 563. The van der Waals surface area contributed by atoms with Crippen molar-refractivity contribution >= 4 is 11.6 Å². The van der Waals surface area contributed by atoms with Crippen LogP contribution in [0.5, 0.6) is 0 Å². The SMILES string of the molecule is CCCNc1ncnc(NCc2cnn(C)c2)c1CCC. The average Bonchev–Trinajstić information content (AvgIpc) is 2.90. The molecule has 2 aromatic rings. The predicted octanol–water partition coefficient (Wildman–Crippen LogP) is 2.60. The zero-order chi connectivity index (χ0) is 15.1. The summed E-state index contributed by atoms with van der Waals surface area (Å²) < 4.78 is 1.80. The third-order valence-electron chi connectivity index (χ3n) is 3.21. The first-order valence-corrected chi connectivity index (χ1v) is 7.53. The third kappa shape index (κ3) is 4.18. The Morgan fingerprint density at radius 3 is 2.48 bits per heavy atom. The van der Waals surface area contributed by atoms with E-state index >= 15 is 0 Å². The van der Waals surface area contributed by atoms with Crippen molar-refractivity contribution in [2.24, 2.45) is 7.05 Å². The minimum Gasteiger partial charge on any atom is -0.370 e. The molecule has 0 radical (unpaired) electrons. The molecule has 21 heavy (non-hydrogen) atoms. The summed E-state index contributed by atoms with van der Waals surface area (Å²) in [5, 5.41) is 11.0. The highest BCUT2D eigenvalue weighted by Gasteiger charge is 2.10. The van der Waals surface area contributed by atoms with Gasteiger partial charge in [-0.2, -0.15) is 5.10 Å². The van der Waals surface area contributed by atoms with Gasteiger partial charge >= 0.3 is 0 Å². The molecule has 0 fully saturated rings. The number of nitrogens with one attached hydrogen (secondary N) is 2. The minimum atomic E-state index is 0.717. The highest BCUT2D eigenvalue weighted by Crippen LogP contribution is 2.22. The van der Waals surface area contributed by atoms with Crippen LogP contribution >= 0.6 is 0 Å². The van der Waals surface area contributed by atoms with Crippen LogP contribution in [0.4, 0.5) is 11.6 Å². The fourth-order valence-electron chi connectivity index (χ4n) is 2.20. The van der Waals surface area contributed by atoms with Crippen LogP contribution in [0, 0.1) is 0 Å². The van der Waals surface area contributed by atoms with E-state index < -0.39 is 0 Å². The van der Waals surface area contributed by atoms with E-state index in [-0.39, 0.29) is 0 Å². The van der Waals surface area contributed by atoms with Gasteiger partial charge in [0, 0.05) is 37.5 Å². The Morgan fingerprint density at radius 2 is 1.86 bits per heavy atom. The van der Waals surface area contributed by atoms with Gasteiger partial charge in [-0.3, -0.25) is 4.68 Å². The van der Waals surface area contributed by atoms with Crippen molar-refractivity contribution in [2.45, 2.75) is 39.7 Å². The fourth-order valence-corrected chi connectivity index (χ4v) is 2.20. The van der Waals surface area contributed by atoms with Crippen molar-refractivity contribution in [1.29, 1.82) is 0 Å². The van der Waals surface area contributed by atoms with Crippen molar-refractivity contribution in [1.82, 2.24) is 19.7 Å². The van der Waals surface area contributed by atoms with Gasteiger partial charge in [-0.05, 0) is 12.8 Å². The van der Waals surface area contributed by atoms with Crippen LogP contribution in [0.25, 0.3) is 0 Å². The van der Waals surface area contributed by atoms with Gasteiger partial charge in [0.05, 0.1) is 6.20 Å². The summed E-state index contributed by atoms with van der Waals surface area (Å²) in [5.41, 5.74) is 2.30. The first-order chi connectivity index (χ1) is 10.2. The van der Waals surface area contributed by atoms with Crippen LogP contribution in [-0.4, -0.2) is 26.3 Å². The number of aryl methyl sites for hydroxylation is 1. The second-order valence-electron chi connectivity index (χ2n) is 5.10. The molecule has 6 heteroatoms. The summed E-state index contributed by atoms with van der Waals surface area (Å²) >= 11 is 0. The molecule has 6 nitrogen and oxygen atoms in total. The molecule has 0 spiro atoms. The fraction of sp³-hybridized carbons (Fsp3) is 0.533. The second-order valence-corrected chi connectivity index (χ2v) is 5.10. The molecule has 2 aromatic heterocycles. The lowest BCUT2D eigenvalue weighted by molar-refractivity contribution is 0.767. The molecule has 0 aliphatic heterocycles. The van der Waals surface area contributed by atoms with Gasteiger partial charge in [-0.15, -0.1) is 0 Å². The second kappa shape index (κ2) is 7.61. The molecule has 0 aromatic carbocycles. The van der Waals surface area contributed by atoms with Crippen molar-refractivity contribution < 1.29 is 0 Å². The Labute approximate surface area is 126 Å². The van der Waals surface area contributed by atoms with Gasteiger partial charge in [-0.1, -0.05) is 20.3 Å². The Morgan fingerprint density at radius 1 is 1.10 bits per heavy atom. The zero-order valence-electron chi connectivity index (χ0n) is 13.1. The number of hydrogen-bond donors (Lipinski definition) is 2. The molecule has 0 saturated heterocycles. The van der Waals surface area contributed by atoms with Crippen LogP contribution in [-0.2, 0) is 20.0 Å². The van der Waals surface area contributed by atoms with Gasteiger partial charge < -0.3 is 10.6 Å². The maximum absolute atomic E-state index is 4.40. The Kier molecular flexibility index (Phi) is 5.54. The van der Waals surface area contributed by atoms with Crippen molar-refractivity contribution in [3.8, 4) is 0 Å². The van der Waals surface area contributed by atoms with E-state index in [1.807, 2.05) is 19.4 Å². The monoisotopic (exact) mass is 288 g/mol. The molecular formula is C15H24N6. The van der Waals surface area contributed by atoms with Gasteiger partial charge in [0.15, 0.2) is 0 Å². The van der Waals surface area contributed by atoms with E-state index in [4.69, 9.17) is 0 Å². The van der Waals surface area contributed by atoms with E-state index in [2.05, 4.69) is 39.5 Å². The van der Waals surface area contributed by atoms with Crippen molar-refractivity contribution in [3.63, 3.8) is 0 Å². The van der Waals surface area contributed by atoms with Gasteiger partial charge in [0.1, 0.15) is 18.0 Å². The number of aromatic nitrogens is 4. The number of anilines is 2. The lowest BCUT2D eigenvalue weighted by Crippen LogP contribution is -2.10. The Hall–Kier alpha value is -2.11. The molecule has 0 saturated carbocycles. The quantitative estimate of drug-likeness (QED) is 0.781. The normalized spacial score (nSPS) is 10.6. The third-order valence-corrected chi connectivity index (χ3v) is 3.21. The van der Waals surface area contributed by atoms with Gasteiger partial charge in [0.25, 0.3) is 0 Å². The average molecular weight is 288 g/mol. The van der Waals surface area contributed by atoms with Crippen molar-refractivity contribution in [3.05, 3.63) is 29.8 Å². The number of rotatable bonds is 8. The molecule has 2 heterocycles. The minimum absolute atomic E-state index is 0.717. The van der Waals surface area contributed by atoms with E-state index in [1.54, 1.807) is 11.0 Å². The summed E-state index contributed by atoms with van der Waals surface area (Å²) in [5.74, 6) is 1.86.